The molecule has 26 heavy (non-hydrogen) atoms. The number of ether oxygens (including phenoxy) is 1. The largest absolute Gasteiger partial charge is 0.493 e. The van der Waals surface area contributed by atoms with Crippen molar-refractivity contribution in [2.45, 2.75) is 25.9 Å². The third kappa shape index (κ3) is 2.97. The van der Waals surface area contributed by atoms with Crippen LogP contribution >= 0.6 is 0 Å². The molecular formula is C22H21N3O. The van der Waals surface area contributed by atoms with Crippen LogP contribution in [0.3, 0.4) is 0 Å². The Bertz CT molecular complexity index is 939. The summed E-state index contributed by atoms with van der Waals surface area (Å²) in [6.07, 6.45) is 4.05. The molecule has 0 N–H and O–H groups in total. The van der Waals surface area contributed by atoms with Gasteiger partial charge < -0.3 is 4.74 Å². The van der Waals surface area contributed by atoms with Crippen molar-refractivity contribution >= 4 is 0 Å². The quantitative estimate of drug-likeness (QED) is 0.728. The van der Waals surface area contributed by atoms with Crippen LogP contribution in [0.2, 0.25) is 0 Å². The van der Waals surface area contributed by atoms with Crippen LogP contribution in [0.5, 0.6) is 5.75 Å². The van der Waals surface area contributed by atoms with E-state index in [0.717, 1.165) is 61.9 Å². The van der Waals surface area contributed by atoms with Crippen molar-refractivity contribution < 1.29 is 4.74 Å². The van der Waals surface area contributed by atoms with E-state index in [2.05, 4.69) is 40.2 Å². The van der Waals surface area contributed by atoms with Gasteiger partial charge in [0.25, 0.3) is 0 Å². The fraction of sp³-hybridized carbons (Fsp3) is 0.273. The Balaban J connectivity index is 1.36. The Morgan fingerprint density at radius 2 is 1.92 bits per heavy atom. The third-order valence-corrected chi connectivity index (χ3v) is 5.22. The molecule has 2 aliphatic rings. The van der Waals surface area contributed by atoms with Gasteiger partial charge in [-0.3, -0.25) is 4.90 Å². The second-order valence-electron chi connectivity index (χ2n) is 7.03. The first-order valence-corrected chi connectivity index (χ1v) is 9.22. The van der Waals surface area contributed by atoms with Crippen molar-refractivity contribution in [3.63, 3.8) is 0 Å². The molecule has 2 aliphatic heterocycles. The smallest absolute Gasteiger partial charge is 0.159 e. The molecule has 4 nitrogen and oxygen atoms in total. The van der Waals surface area contributed by atoms with Crippen molar-refractivity contribution in [3.05, 3.63) is 77.1 Å². The van der Waals surface area contributed by atoms with Crippen molar-refractivity contribution in [1.82, 2.24) is 14.9 Å². The maximum absolute atomic E-state index is 5.61. The number of fused-ring (bicyclic) bond motifs is 2. The van der Waals surface area contributed by atoms with Crippen molar-refractivity contribution in [2.75, 3.05) is 13.2 Å². The fourth-order valence-corrected chi connectivity index (χ4v) is 3.81. The van der Waals surface area contributed by atoms with E-state index in [1.807, 2.05) is 24.4 Å². The summed E-state index contributed by atoms with van der Waals surface area (Å²) in [5, 5.41) is 0. The Kier molecular flexibility index (Phi) is 3.91. The molecule has 0 bridgehead atoms. The number of rotatable bonds is 3. The maximum atomic E-state index is 5.61. The first-order valence-electron chi connectivity index (χ1n) is 9.22. The van der Waals surface area contributed by atoms with Gasteiger partial charge in [-0.1, -0.05) is 42.5 Å². The van der Waals surface area contributed by atoms with Gasteiger partial charge in [0.2, 0.25) is 0 Å². The van der Waals surface area contributed by atoms with Crippen molar-refractivity contribution in [3.8, 4) is 17.1 Å². The van der Waals surface area contributed by atoms with Crippen molar-refractivity contribution in [1.29, 1.82) is 0 Å². The van der Waals surface area contributed by atoms with Gasteiger partial charge in [0, 0.05) is 37.8 Å². The average Bonchev–Trinajstić information content (AvgIpc) is 3.16. The molecule has 130 valence electrons. The van der Waals surface area contributed by atoms with Gasteiger partial charge in [-0.2, -0.15) is 0 Å². The van der Waals surface area contributed by atoms with Crippen molar-refractivity contribution in [2.24, 2.45) is 0 Å². The predicted octanol–water partition coefficient (Wildman–Crippen LogP) is 3.64. The number of hydrogen-bond acceptors (Lipinski definition) is 4. The van der Waals surface area contributed by atoms with Gasteiger partial charge in [0.15, 0.2) is 5.82 Å². The summed E-state index contributed by atoms with van der Waals surface area (Å²) in [5.41, 5.74) is 6.22. The molecule has 4 heteroatoms. The molecule has 5 rings (SSSR count). The fourth-order valence-electron chi connectivity index (χ4n) is 3.81. The topological polar surface area (TPSA) is 38.2 Å². The van der Waals surface area contributed by atoms with E-state index in [1.165, 1.54) is 16.7 Å². The molecule has 0 fully saturated rings. The van der Waals surface area contributed by atoms with Crippen LogP contribution < -0.4 is 4.74 Å². The van der Waals surface area contributed by atoms with Gasteiger partial charge in [0.05, 0.1) is 12.3 Å². The Hall–Kier alpha value is -2.72. The van der Waals surface area contributed by atoms with Crippen LogP contribution in [0, 0.1) is 0 Å². The van der Waals surface area contributed by atoms with E-state index >= 15 is 0 Å². The molecule has 3 aromatic rings. The zero-order chi connectivity index (χ0) is 17.3. The first kappa shape index (κ1) is 15.5. The predicted molar refractivity (Wildman–Crippen MR) is 101 cm³/mol. The van der Waals surface area contributed by atoms with Gasteiger partial charge in [0.1, 0.15) is 5.75 Å². The van der Waals surface area contributed by atoms with Crippen LogP contribution in [0.4, 0.5) is 0 Å². The van der Waals surface area contributed by atoms with E-state index < -0.39 is 0 Å². The summed E-state index contributed by atoms with van der Waals surface area (Å²) in [6, 6.07) is 16.8. The Morgan fingerprint density at radius 3 is 2.85 bits per heavy atom. The van der Waals surface area contributed by atoms with Gasteiger partial charge in [-0.25, -0.2) is 9.97 Å². The Morgan fingerprint density at radius 1 is 1.00 bits per heavy atom. The van der Waals surface area contributed by atoms with Crippen LogP contribution in [0.25, 0.3) is 11.4 Å². The minimum atomic E-state index is 0.815. The molecule has 3 heterocycles. The molecule has 0 amide bonds. The molecule has 0 saturated heterocycles. The number of nitrogens with zero attached hydrogens (tertiary/aromatic N) is 3. The summed E-state index contributed by atoms with van der Waals surface area (Å²) in [4.78, 5) is 11.9. The van der Waals surface area contributed by atoms with E-state index in [1.54, 1.807) is 0 Å². The van der Waals surface area contributed by atoms with Crippen LogP contribution in [-0.4, -0.2) is 28.0 Å². The average molecular weight is 343 g/mol. The monoisotopic (exact) mass is 343 g/mol. The van der Waals surface area contributed by atoms with Gasteiger partial charge >= 0.3 is 0 Å². The second kappa shape index (κ2) is 6.54. The lowest BCUT2D eigenvalue weighted by Crippen LogP contribution is -2.31. The lowest BCUT2D eigenvalue weighted by Gasteiger charge is -2.28. The molecule has 2 aromatic carbocycles. The standard InChI is InChI=1S/C22H21N3O/c1-2-4-17(5-3-1)22-23-13-19-8-10-25(15-20(19)24-22)14-16-6-7-21-18(12-16)9-11-26-21/h1-7,12-13H,8-11,14-15H2. The normalized spacial score (nSPS) is 16.0. The lowest BCUT2D eigenvalue weighted by molar-refractivity contribution is 0.241. The number of hydrogen-bond donors (Lipinski definition) is 0. The molecule has 0 unspecified atom stereocenters. The van der Waals surface area contributed by atoms with Crippen LogP contribution in [0.15, 0.2) is 54.7 Å². The van der Waals surface area contributed by atoms with Crippen LogP contribution in [-0.2, 0) is 25.9 Å². The van der Waals surface area contributed by atoms with E-state index in [4.69, 9.17) is 9.72 Å². The van der Waals surface area contributed by atoms with Gasteiger partial charge in [-0.15, -0.1) is 0 Å². The zero-order valence-electron chi connectivity index (χ0n) is 14.7. The van der Waals surface area contributed by atoms with Gasteiger partial charge in [-0.05, 0) is 29.2 Å². The number of benzene rings is 2. The molecule has 0 spiro atoms. The van der Waals surface area contributed by atoms with E-state index in [-0.39, 0.29) is 0 Å². The highest BCUT2D eigenvalue weighted by atomic mass is 16.5. The minimum absolute atomic E-state index is 0.815. The first-order chi connectivity index (χ1) is 12.8. The third-order valence-electron chi connectivity index (χ3n) is 5.22. The lowest BCUT2D eigenvalue weighted by atomic mass is 10.0. The maximum Gasteiger partial charge on any atom is 0.159 e. The highest BCUT2D eigenvalue weighted by Crippen LogP contribution is 2.27. The highest BCUT2D eigenvalue weighted by molar-refractivity contribution is 5.54. The Labute approximate surface area is 153 Å². The summed E-state index contributed by atoms with van der Waals surface area (Å²) in [5.74, 6) is 1.87. The summed E-state index contributed by atoms with van der Waals surface area (Å²) >= 11 is 0. The van der Waals surface area contributed by atoms with E-state index in [0.29, 0.717) is 0 Å². The molecule has 0 aliphatic carbocycles. The minimum Gasteiger partial charge on any atom is -0.493 e. The molecular weight excluding hydrogens is 322 g/mol. The molecule has 0 atom stereocenters. The summed E-state index contributed by atoms with van der Waals surface area (Å²) in [6.45, 7) is 3.70. The molecule has 1 aromatic heterocycles. The molecule has 0 radical (unpaired) electrons. The highest BCUT2D eigenvalue weighted by Gasteiger charge is 2.20. The SMILES string of the molecule is c1ccc(-c2ncc3c(n2)CN(Cc2ccc4c(c2)CCO4)CC3)cc1. The molecule has 0 saturated carbocycles. The van der Waals surface area contributed by atoms with E-state index in [9.17, 15) is 0 Å². The zero-order valence-corrected chi connectivity index (χ0v) is 14.7. The summed E-state index contributed by atoms with van der Waals surface area (Å²) in [7, 11) is 0. The number of aromatic nitrogens is 2. The second-order valence-corrected chi connectivity index (χ2v) is 7.03. The van der Waals surface area contributed by atoms with Crippen LogP contribution in [0.1, 0.15) is 22.4 Å². The summed E-state index contributed by atoms with van der Waals surface area (Å²) < 4.78 is 5.61.